The van der Waals surface area contributed by atoms with Crippen LogP contribution in [0.3, 0.4) is 0 Å². The average Bonchev–Trinajstić information content (AvgIpc) is 2.95. The molecular formula is C16H16F2N2OS. The smallest absolute Gasteiger partial charge is 0.238 e. The molecule has 0 unspecified atom stereocenters. The second kappa shape index (κ2) is 6.60. The van der Waals surface area contributed by atoms with Crippen molar-refractivity contribution in [1.82, 2.24) is 9.97 Å². The quantitative estimate of drug-likeness (QED) is 0.738. The minimum atomic E-state index is -2.23. The molecule has 0 bridgehead atoms. The summed E-state index contributed by atoms with van der Waals surface area (Å²) in [4.78, 5) is 20.6. The maximum atomic E-state index is 12.2. The summed E-state index contributed by atoms with van der Waals surface area (Å²) in [5.74, 6) is 0.325. The lowest BCUT2D eigenvalue weighted by molar-refractivity contribution is 0.0613. The van der Waals surface area contributed by atoms with E-state index in [1.807, 2.05) is 12.1 Å². The zero-order chi connectivity index (χ0) is 15.5. The van der Waals surface area contributed by atoms with Crippen LogP contribution in [0.25, 0.3) is 10.6 Å². The van der Waals surface area contributed by atoms with Gasteiger partial charge in [0.15, 0.2) is 5.78 Å². The number of carbonyl (C=O) groups excluding carboxylic acids is 1. The maximum absolute atomic E-state index is 12.2. The highest BCUT2D eigenvalue weighted by Crippen LogP contribution is 2.40. The van der Waals surface area contributed by atoms with Crippen molar-refractivity contribution in [1.29, 1.82) is 0 Å². The van der Waals surface area contributed by atoms with Gasteiger partial charge in [-0.1, -0.05) is 0 Å². The van der Waals surface area contributed by atoms with Crippen LogP contribution >= 0.6 is 11.3 Å². The molecule has 3 rings (SSSR count). The maximum Gasteiger partial charge on any atom is 0.238 e. The molecule has 0 aliphatic heterocycles. The van der Waals surface area contributed by atoms with Gasteiger partial charge in [0.25, 0.3) is 0 Å². The van der Waals surface area contributed by atoms with E-state index in [0.717, 1.165) is 23.4 Å². The molecule has 0 amide bonds. The summed E-state index contributed by atoms with van der Waals surface area (Å²) in [5.41, 5.74) is 1.37. The molecule has 0 spiro atoms. The SMILES string of the molecule is O=C(CC1CC(CC(F)F)C1)c1csc(-c2cccnc2)n1. The molecule has 0 N–H and O–H groups in total. The molecule has 3 nitrogen and oxygen atoms in total. The van der Waals surface area contributed by atoms with E-state index in [9.17, 15) is 13.6 Å². The van der Waals surface area contributed by atoms with Crippen molar-refractivity contribution >= 4 is 17.1 Å². The highest BCUT2D eigenvalue weighted by Gasteiger charge is 2.32. The fourth-order valence-electron chi connectivity index (χ4n) is 2.88. The normalized spacial score (nSPS) is 20.9. The van der Waals surface area contributed by atoms with Crippen LogP contribution in [0.4, 0.5) is 8.78 Å². The van der Waals surface area contributed by atoms with Crippen LogP contribution < -0.4 is 0 Å². The molecule has 1 saturated carbocycles. The summed E-state index contributed by atoms with van der Waals surface area (Å²) in [6, 6.07) is 3.73. The van der Waals surface area contributed by atoms with Crippen molar-refractivity contribution in [3.63, 3.8) is 0 Å². The standard InChI is InChI=1S/C16H16F2N2OS/c17-15(18)7-11-4-10(5-11)6-14(21)13-9-22-16(20-13)12-2-1-3-19-8-12/h1-3,8-11,15H,4-7H2. The number of nitrogens with zero attached hydrogens (tertiary/aromatic N) is 2. The molecule has 0 atom stereocenters. The summed E-state index contributed by atoms with van der Waals surface area (Å²) in [6.07, 6.45) is 3.01. The van der Waals surface area contributed by atoms with Crippen LogP contribution in [-0.4, -0.2) is 22.2 Å². The summed E-state index contributed by atoms with van der Waals surface area (Å²) >= 11 is 1.42. The zero-order valence-corrected chi connectivity index (χ0v) is 12.7. The first-order valence-corrected chi connectivity index (χ1v) is 8.17. The van der Waals surface area contributed by atoms with E-state index in [1.165, 1.54) is 11.3 Å². The third-order valence-electron chi connectivity index (χ3n) is 4.02. The van der Waals surface area contributed by atoms with Gasteiger partial charge in [-0.25, -0.2) is 13.8 Å². The topological polar surface area (TPSA) is 42.9 Å². The van der Waals surface area contributed by atoms with Crippen LogP contribution in [0.1, 0.15) is 36.2 Å². The minimum Gasteiger partial charge on any atom is -0.292 e. The van der Waals surface area contributed by atoms with Gasteiger partial charge in [-0.05, 0) is 36.8 Å². The van der Waals surface area contributed by atoms with Crippen molar-refractivity contribution < 1.29 is 13.6 Å². The van der Waals surface area contributed by atoms with E-state index in [2.05, 4.69) is 9.97 Å². The van der Waals surface area contributed by atoms with Gasteiger partial charge in [0.05, 0.1) is 0 Å². The summed E-state index contributed by atoms with van der Waals surface area (Å²) in [6.45, 7) is 0. The van der Waals surface area contributed by atoms with Crippen molar-refractivity contribution in [3.05, 3.63) is 35.6 Å². The van der Waals surface area contributed by atoms with Crippen LogP contribution in [0.5, 0.6) is 0 Å². The Labute approximate surface area is 131 Å². The van der Waals surface area contributed by atoms with Gasteiger partial charge in [-0.2, -0.15) is 0 Å². The number of carbonyl (C=O) groups is 1. The first-order chi connectivity index (χ1) is 10.6. The van der Waals surface area contributed by atoms with E-state index in [4.69, 9.17) is 0 Å². The second-order valence-corrected chi connectivity index (χ2v) is 6.60. The minimum absolute atomic E-state index is 0.00638. The molecule has 1 aliphatic carbocycles. The van der Waals surface area contributed by atoms with E-state index in [0.29, 0.717) is 12.1 Å². The Hall–Kier alpha value is -1.69. The Balaban J connectivity index is 1.55. The number of ketones is 1. The molecule has 0 saturated heterocycles. The van der Waals surface area contributed by atoms with E-state index in [-0.39, 0.29) is 24.0 Å². The lowest BCUT2D eigenvalue weighted by atomic mass is 9.71. The number of rotatable bonds is 6. The summed E-state index contributed by atoms with van der Waals surface area (Å²) in [7, 11) is 0. The Bertz CT molecular complexity index is 639. The van der Waals surface area contributed by atoms with Gasteiger partial charge in [0.2, 0.25) is 6.43 Å². The number of hydrogen-bond acceptors (Lipinski definition) is 4. The molecule has 1 aliphatic rings. The Morgan fingerprint density at radius 1 is 1.36 bits per heavy atom. The highest BCUT2D eigenvalue weighted by molar-refractivity contribution is 7.13. The molecule has 6 heteroatoms. The lowest BCUT2D eigenvalue weighted by Crippen LogP contribution is -2.27. The number of pyridine rings is 1. The molecule has 0 radical (unpaired) electrons. The first kappa shape index (κ1) is 15.2. The molecular weight excluding hydrogens is 306 g/mol. The number of halogens is 2. The van der Waals surface area contributed by atoms with Crippen molar-refractivity contribution in [2.24, 2.45) is 11.8 Å². The predicted molar refractivity (Wildman–Crippen MR) is 81.1 cm³/mol. The third-order valence-corrected chi connectivity index (χ3v) is 4.91. The number of Topliss-reactive ketones (excluding diaryl/α,β-unsaturated/α-hetero) is 1. The van der Waals surface area contributed by atoms with Gasteiger partial charge in [-0.15, -0.1) is 11.3 Å². The van der Waals surface area contributed by atoms with Gasteiger partial charge in [0, 0.05) is 36.2 Å². The molecule has 116 valence electrons. The largest absolute Gasteiger partial charge is 0.292 e. The molecule has 2 aromatic rings. The van der Waals surface area contributed by atoms with Crippen LogP contribution in [0, 0.1) is 11.8 Å². The molecule has 22 heavy (non-hydrogen) atoms. The molecule has 0 aromatic carbocycles. The Kier molecular flexibility index (Phi) is 4.57. The third kappa shape index (κ3) is 3.55. The Morgan fingerprint density at radius 2 is 2.18 bits per heavy atom. The van der Waals surface area contributed by atoms with E-state index >= 15 is 0 Å². The number of hydrogen-bond donors (Lipinski definition) is 0. The average molecular weight is 322 g/mol. The first-order valence-electron chi connectivity index (χ1n) is 7.29. The Morgan fingerprint density at radius 3 is 2.86 bits per heavy atom. The lowest BCUT2D eigenvalue weighted by Gasteiger charge is -2.34. The highest BCUT2D eigenvalue weighted by atomic mass is 32.1. The number of alkyl halides is 2. The van der Waals surface area contributed by atoms with Gasteiger partial charge in [-0.3, -0.25) is 9.78 Å². The molecule has 2 heterocycles. The summed E-state index contributed by atoms with van der Waals surface area (Å²) < 4.78 is 24.5. The van der Waals surface area contributed by atoms with Crippen LogP contribution in [0.15, 0.2) is 29.9 Å². The van der Waals surface area contributed by atoms with Gasteiger partial charge < -0.3 is 0 Å². The van der Waals surface area contributed by atoms with E-state index in [1.54, 1.807) is 17.8 Å². The number of thiazole rings is 1. The van der Waals surface area contributed by atoms with Crippen molar-refractivity contribution in [2.75, 3.05) is 0 Å². The fourth-order valence-corrected chi connectivity index (χ4v) is 3.69. The van der Waals surface area contributed by atoms with Gasteiger partial charge in [0.1, 0.15) is 10.7 Å². The van der Waals surface area contributed by atoms with Crippen LogP contribution in [0.2, 0.25) is 0 Å². The fraction of sp³-hybridized carbons (Fsp3) is 0.438. The van der Waals surface area contributed by atoms with Crippen molar-refractivity contribution in [3.8, 4) is 10.6 Å². The molecule has 1 fully saturated rings. The second-order valence-electron chi connectivity index (χ2n) is 5.74. The van der Waals surface area contributed by atoms with E-state index < -0.39 is 6.43 Å². The number of aromatic nitrogens is 2. The zero-order valence-electron chi connectivity index (χ0n) is 11.9. The predicted octanol–water partition coefficient (Wildman–Crippen LogP) is 4.46. The summed E-state index contributed by atoms with van der Waals surface area (Å²) in [5, 5.41) is 2.54. The van der Waals surface area contributed by atoms with Crippen molar-refractivity contribution in [2.45, 2.75) is 32.1 Å². The van der Waals surface area contributed by atoms with Gasteiger partial charge >= 0.3 is 0 Å². The van der Waals surface area contributed by atoms with Crippen LogP contribution in [-0.2, 0) is 0 Å². The molecule has 2 aromatic heterocycles. The monoisotopic (exact) mass is 322 g/mol.